The molecule has 3 rings (SSSR count). The van der Waals surface area contributed by atoms with Gasteiger partial charge in [-0.2, -0.15) is 0 Å². The van der Waals surface area contributed by atoms with Crippen LogP contribution in [0.15, 0.2) is 39.2 Å². The maximum atomic E-state index is 14.2. The highest BCUT2D eigenvalue weighted by Crippen LogP contribution is 2.39. The van der Waals surface area contributed by atoms with Crippen LogP contribution in [-0.4, -0.2) is 12.6 Å². The van der Waals surface area contributed by atoms with E-state index in [4.69, 9.17) is 9.15 Å². The lowest BCUT2D eigenvalue weighted by molar-refractivity contribution is 0.0528. The number of hydrogen-bond acceptors (Lipinski definition) is 5. The van der Waals surface area contributed by atoms with E-state index >= 15 is 0 Å². The average molecular weight is 428 g/mol. The van der Waals surface area contributed by atoms with E-state index in [-0.39, 0.29) is 23.5 Å². The second-order valence-corrected chi connectivity index (χ2v) is 6.17. The number of carbonyl (C=O) groups is 1. The maximum absolute atomic E-state index is 14.2. The smallest absolute Gasteiger partial charge is 0.342 e. The summed E-state index contributed by atoms with van der Waals surface area (Å²) in [7, 11) is 0. The fourth-order valence-electron chi connectivity index (χ4n) is 2.47. The molecule has 0 saturated carbocycles. The van der Waals surface area contributed by atoms with Crippen LogP contribution in [0, 0.1) is 11.6 Å². The van der Waals surface area contributed by atoms with E-state index in [2.05, 4.69) is 33.5 Å². The largest absolute Gasteiger partial charge is 0.462 e. The van der Waals surface area contributed by atoms with Gasteiger partial charge in [0.1, 0.15) is 22.8 Å². The number of carbonyl (C=O) groups excluding carboxylic acids is 1. The van der Waals surface area contributed by atoms with Crippen LogP contribution < -0.4 is 4.72 Å². The number of rotatable bonds is 4. The number of nitrogens with one attached hydrogen (secondary N) is 1. The summed E-state index contributed by atoms with van der Waals surface area (Å²) in [4.78, 5) is 12.4. The minimum atomic E-state index is -0.837. The van der Waals surface area contributed by atoms with Crippen molar-refractivity contribution in [3.05, 3.63) is 52.0 Å². The van der Waals surface area contributed by atoms with Crippen molar-refractivity contribution in [1.29, 1.82) is 0 Å². The first-order chi connectivity index (χ1) is 12.0. The van der Waals surface area contributed by atoms with Gasteiger partial charge in [0, 0.05) is 22.0 Å². The molecule has 1 N–H and O–H groups in total. The third kappa shape index (κ3) is 3.23. The second kappa shape index (κ2) is 7.05. The molecule has 0 radical (unpaired) electrons. The van der Waals surface area contributed by atoms with Crippen molar-refractivity contribution >= 4 is 51.4 Å². The number of fused-ring (bicyclic) bond motifs is 1. The normalized spacial score (nSPS) is 10.9. The summed E-state index contributed by atoms with van der Waals surface area (Å²) in [5.41, 5.74) is 0.985. The minimum Gasteiger partial charge on any atom is -0.462 e. The first kappa shape index (κ1) is 17.8. The number of esters is 1. The van der Waals surface area contributed by atoms with Crippen LogP contribution in [-0.2, 0) is 4.74 Å². The Morgan fingerprint density at radius 2 is 2.08 bits per heavy atom. The van der Waals surface area contributed by atoms with E-state index in [1.807, 2.05) is 0 Å². The summed E-state index contributed by atoms with van der Waals surface area (Å²) in [6.07, 6.45) is 0. The predicted octanol–water partition coefficient (Wildman–Crippen LogP) is 5.57. The zero-order valence-electron chi connectivity index (χ0n) is 12.9. The molecule has 0 aliphatic heterocycles. The maximum Gasteiger partial charge on any atom is 0.342 e. The third-order valence-corrected chi connectivity index (χ3v) is 4.45. The van der Waals surface area contributed by atoms with Crippen LogP contribution in [0.2, 0.25) is 0 Å². The van der Waals surface area contributed by atoms with Crippen LogP contribution in [0.5, 0.6) is 0 Å². The van der Waals surface area contributed by atoms with Gasteiger partial charge >= 0.3 is 5.97 Å². The Balaban J connectivity index is 2.33. The average Bonchev–Trinajstić information content (AvgIpc) is 2.92. The van der Waals surface area contributed by atoms with Crippen molar-refractivity contribution < 1.29 is 22.7 Å². The molecule has 130 valence electrons. The molecule has 0 saturated heterocycles. The molecule has 0 aliphatic carbocycles. The van der Waals surface area contributed by atoms with Gasteiger partial charge in [0.2, 0.25) is 0 Å². The van der Waals surface area contributed by atoms with Crippen LogP contribution in [0.3, 0.4) is 0 Å². The van der Waals surface area contributed by atoms with Gasteiger partial charge in [0.15, 0.2) is 5.76 Å². The fourth-order valence-corrected chi connectivity index (χ4v) is 3.25. The monoisotopic (exact) mass is 427 g/mol. The van der Waals surface area contributed by atoms with Crippen molar-refractivity contribution in [2.24, 2.45) is 0 Å². The number of ether oxygens (including phenoxy) is 1. The van der Waals surface area contributed by atoms with E-state index in [0.717, 1.165) is 12.1 Å². The predicted molar refractivity (Wildman–Crippen MR) is 97.8 cm³/mol. The van der Waals surface area contributed by atoms with Crippen LogP contribution >= 0.6 is 28.7 Å². The molecule has 0 amide bonds. The zero-order chi connectivity index (χ0) is 18.1. The van der Waals surface area contributed by atoms with E-state index < -0.39 is 17.6 Å². The van der Waals surface area contributed by atoms with Gasteiger partial charge < -0.3 is 13.9 Å². The summed E-state index contributed by atoms with van der Waals surface area (Å²) in [6, 6.07) is 6.30. The first-order valence-electron chi connectivity index (χ1n) is 7.25. The molecule has 1 heterocycles. The lowest BCUT2D eigenvalue weighted by Crippen LogP contribution is -2.05. The number of benzene rings is 2. The van der Waals surface area contributed by atoms with Gasteiger partial charge in [0.25, 0.3) is 0 Å². The molecule has 0 atom stereocenters. The Bertz CT molecular complexity index is 974. The molecule has 0 aliphatic rings. The lowest BCUT2D eigenvalue weighted by atomic mass is 10.0. The summed E-state index contributed by atoms with van der Waals surface area (Å²) >= 11 is 7.36. The molecule has 4 nitrogen and oxygen atoms in total. The highest BCUT2D eigenvalue weighted by atomic mass is 79.9. The number of halogens is 3. The van der Waals surface area contributed by atoms with Crippen molar-refractivity contribution in [1.82, 2.24) is 0 Å². The van der Waals surface area contributed by atoms with Gasteiger partial charge in [0.05, 0.1) is 17.9 Å². The molecule has 0 unspecified atom stereocenters. The SMILES string of the molecule is CCOC(=O)c1c(-c2ccc(F)cc2F)oc2cc(NS)c(Br)cc12. The molecule has 8 heteroatoms. The van der Waals surface area contributed by atoms with E-state index in [0.29, 0.717) is 21.1 Å². The number of thiol groups is 1. The number of furan rings is 1. The Morgan fingerprint density at radius 1 is 1.32 bits per heavy atom. The third-order valence-electron chi connectivity index (χ3n) is 3.55. The van der Waals surface area contributed by atoms with Gasteiger partial charge in [-0.15, -0.1) is 0 Å². The Hall–Kier alpha value is -2.06. The molecule has 0 fully saturated rings. The van der Waals surface area contributed by atoms with E-state index in [1.165, 1.54) is 6.07 Å². The molecule has 25 heavy (non-hydrogen) atoms. The molecule has 3 aromatic rings. The van der Waals surface area contributed by atoms with Crippen molar-refractivity contribution in [3.63, 3.8) is 0 Å². The number of anilines is 1. The quantitative estimate of drug-likeness (QED) is 0.421. The standard InChI is InChI=1S/C17H12BrF2NO3S/c1-2-23-17(22)15-10-6-11(18)13(21-25)7-14(10)24-16(15)9-4-3-8(19)5-12(9)20/h3-7,21,25H,2H2,1H3. The van der Waals surface area contributed by atoms with Gasteiger partial charge in [-0.25, -0.2) is 13.6 Å². The Morgan fingerprint density at radius 3 is 2.72 bits per heavy atom. The Labute approximate surface area is 155 Å². The highest BCUT2D eigenvalue weighted by molar-refractivity contribution is 9.10. The van der Waals surface area contributed by atoms with Gasteiger partial charge in [-0.3, -0.25) is 0 Å². The fraction of sp³-hybridized carbons (Fsp3) is 0.118. The molecular formula is C17H12BrF2NO3S. The first-order valence-corrected chi connectivity index (χ1v) is 8.49. The molecule has 1 aromatic heterocycles. The molecular weight excluding hydrogens is 416 g/mol. The lowest BCUT2D eigenvalue weighted by Gasteiger charge is -2.05. The van der Waals surface area contributed by atoms with Crippen molar-refractivity contribution in [2.75, 3.05) is 11.3 Å². The molecule has 0 spiro atoms. The summed E-state index contributed by atoms with van der Waals surface area (Å²) in [5.74, 6) is -2.23. The molecule has 2 aromatic carbocycles. The molecule has 0 bridgehead atoms. The highest BCUT2D eigenvalue weighted by Gasteiger charge is 2.26. The van der Waals surface area contributed by atoms with E-state index in [1.54, 1.807) is 19.1 Å². The summed E-state index contributed by atoms with van der Waals surface area (Å²) in [6.45, 7) is 1.81. The van der Waals surface area contributed by atoms with Crippen molar-refractivity contribution in [2.45, 2.75) is 6.92 Å². The minimum absolute atomic E-state index is 0.0193. The van der Waals surface area contributed by atoms with Gasteiger partial charge in [-0.05, 0) is 41.1 Å². The second-order valence-electron chi connectivity index (χ2n) is 5.09. The number of hydrogen-bond donors (Lipinski definition) is 2. The zero-order valence-corrected chi connectivity index (χ0v) is 15.4. The topological polar surface area (TPSA) is 51.5 Å². The summed E-state index contributed by atoms with van der Waals surface area (Å²) in [5, 5.41) is 0.441. The van der Waals surface area contributed by atoms with Crippen LogP contribution in [0.4, 0.5) is 14.5 Å². The van der Waals surface area contributed by atoms with Crippen LogP contribution in [0.1, 0.15) is 17.3 Å². The van der Waals surface area contributed by atoms with Gasteiger partial charge in [-0.1, -0.05) is 12.8 Å². The van der Waals surface area contributed by atoms with E-state index in [9.17, 15) is 13.6 Å². The van der Waals surface area contributed by atoms with Crippen LogP contribution in [0.25, 0.3) is 22.3 Å². The van der Waals surface area contributed by atoms with Crippen molar-refractivity contribution in [3.8, 4) is 11.3 Å². The Kier molecular flexibility index (Phi) is 5.01. The summed E-state index contributed by atoms with van der Waals surface area (Å²) < 4.78 is 41.5.